The van der Waals surface area contributed by atoms with Gasteiger partial charge in [0.05, 0.1) is 7.11 Å². The lowest BCUT2D eigenvalue weighted by molar-refractivity contribution is 0.0912. The molecule has 3 N–H and O–H groups in total. The average molecular weight is 279 g/mol. The molecule has 0 aromatic heterocycles. The molecule has 4 nitrogen and oxygen atoms in total. The molecule has 0 spiro atoms. The number of rotatable bonds is 8. The van der Waals surface area contributed by atoms with Crippen molar-refractivity contribution in [3.8, 4) is 5.75 Å². The molecule has 1 unspecified atom stereocenters. The van der Waals surface area contributed by atoms with E-state index in [9.17, 15) is 0 Å². The van der Waals surface area contributed by atoms with Crippen LogP contribution in [0.5, 0.6) is 5.75 Å². The van der Waals surface area contributed by atoms with Gasteiger partial charge < -0.3 is 4.74 Å². The second kappa shape index (κ2) is 7.62. The predicted molar refractivity (Wildman–Crippen MR) is 84.8 cm³/mol. The Morgan fingerprint density at radius 2 is 1.95 bits per heavy atom. The van der Waals surface area contributed by atoms with Crippen LogP contribution in [0.4, 0.5) is 0 Å². The van der Waals surface area contributed by atoms with Crippen LogP contribution in [0.3, 0.4) is 0 Å². The van der Waals surface area contributed by atoms with Gasteiger partial charge in [0.25, 0.3) is 0 Å². The van der Waals surface area contributed by atoms with Crippen molar-refractivity contribution in [2.75, 3.05) is 20.2 Å². The van der Waals surface area contributed by atoms with Gasteiger partial charge in [-0.25, -0.2) is 0 Å². The van der Waals surface area contributed by atoms with E-state index in [-0.39, 0.29) is 11.6 Å². The first kappa shape index (κ1) is 17.0. The quantitative estimate of drug-likeness (QED) is 0.566. The van der Waals surface area contributed by atoms with Crippen molar-refractivity contribution in [3.05, 3.63) is 29.8 Å². The van der Waals surface area contributed by atoms with Crippen molar-refractivity contribution in [3.63, 3.8) is 0 Å². The van der Waals surface area contributed by atoms with Gasteiger partial charge in [-0.1, -0.05) is 26.0 Å². The summed E-state index contributed by atoms with van der Waals surface area (Å²) in [6.45, 7) is 10.9. The molecule has 0 fully saturated rings. The van der Waals surface area contributed by atoms with Crippen LogP contribution < -0.4 is 16.0 Å². The van der Waals surface area contributed by atoms with E-state index in [1.54, 1.807) is 7.11 Å². The Bertz CT molecular complexity index is 402. The van der Waals surface area contributed by atoms with Crippen LogP contribution in [0.1, 0.15) is 33.3 Å². The van der Waals surface area contributed by atoms with E-state index in [2.05, 4.69) is 50.2 Å². The first-order chi connectivity index (χ1) is 9.49. The Morgan fingerprint density at radius 1 is 1.30 bits per heavy atom. The molecule has 1 aromatic carbocycles. The normalized spacial score (nSPS) is 13.6. The van der Waals surface area contributed by atoms with E-state index >= 15 is 0 Å². The van der Waals surface area contributed by atoms with Crippen LogP contribution in [-0.4, -0.2) is 36.7 Å². The number of nitrogens with two attached hydrogens (primary N) is 1. The number of hydrazine groups is 1. The van der Waals surface area contributed by atoms with Crippen molar-refractivity contribution in [1.29, 1.82) is 0 Å². The Balaban J connectivity index is 2.89. The molecule has 0 bridgehead atoms. The number of methoxy groups -OCH3 is 1. The molecule has 0 aliphatic heterocycles. The zero-order valence-corrected chi connectivity index (χ0v) is 13.4. The highest BCUT2D eigenvalue weighted by Crippen LogP contribution is 2.23. The third-order valence-electron chi connectivity index (χ3n) is 4.21. The van der Waals surface area contributed by atoms with E-state index in [1.165, 1.54) is 5.56 Å². The largest absolute Gasteiger partial charge is 0.497 e. The molecule has 20 heavy (non-hydrogen) atoms. The molecule has 1 aromatic rings. The van der Waals surface area contributed by atoms with Crippen molar-refractivity contribution < 1.29 is 4.74 Å². The number of likely N-dealkylation sites (N-methyl/N-ethyl adjacent to an activating group) is 1. The van der Waals surface area contributed by atoms with Crippen molar-refractivity contribution in [2.24, 2.45) is 5.84 Å². The summed E-state index contributed by atoms with van der Waals surface area (Å²) in [5, 5.41) is 0. The number of hydrogen-bond acceptors (Lipinski definition) is 4. The molecule has 0 aliphatic rings. The van der Waals surface area contributed by atoms with Gasteiger partial charge in [0.1, 0.15) is 5.75 Å². The molecular weight excluding hydrogens is 250 g/mol. The molecule has 0 aliphatic carbocycles. The summed E-state index contributed by atoms with van der Waals surface area (Å²) in [6.07, 6.45) is 0.872. The SMILES string of the molecule is CCN(CC)C(C)(C)C(Cc1cccc(OC)c1)NN. The van der Waals surface area contributed by atoms with Crippen LogP contribution >= 0.6 is 0 Å². The van der Waals surface area contributed by atoms with Gasteiger partial charge in [0.2, 0.25) is 0 Å². The fourth-order valence-electron chi connectivity index (χ4n) is 2.81. The number of hydrogen-bond donors (Lipinski definition) is 2. The lowest BCUT2D eigenvalue weighted by Gasteiger charge is -2.43. The van der Waals surface area contributed by atoms with Gasteiger partial charge in [-0.05, 0) is 51.1 Å². The van der Waals surface area contributed by atoms with Gasteiger partial charge >= 0.3 is 0 Å². The van der Waals surface area contributed by atoms with Crippen molar-refractivity contribution >= 4 is 0 Å². The molecule has 1 rings (SSSR count). The molecule has 1 atom stereocenters. The topological polar surface area (TPSA) is 50.5 Å². The van der Waals surface area contributed by atoms with Crippen molar-refractivity contribution in [2.45, 2.75) is 45.7 Å². The molecule has 0 saturated heterocycles. The number of nitrogens with one attached hydrogen (secondary N) is 1. The van der Waals surface area contributed by atoms with E-state index < -0.39 is 0 Å². The third-order valence-corrected chi connectivity index (χ3v) is 4.21. The Kier molecular flexibility index (Phi) is 6.46. The molecule has 4 heteroatoms. The molecule has 0 saturated carbocycles. The zero-order valence-electron chi connectivity index (χ0n) is 13.4. The predicted octanol–water partition coefficient (Wildman–Crippen LogP) is 2.19. The van der Waals surface area contributed by atoms with E-state index in [1.807, 2.05) is 12.1 Å². The minimum absolute atomic E-state index is 0.0126. The highest BCUT2D eigenvalue weighted by atomic mass is 16.5. The van der Waals surface area contributed by atoms with Gasteiger partial charge in [-0.2, -0.15) is 0 Å². The van der Waals surface area contributed by atoms with Gasteiger partial charge in [0.15, 0.2) is 0 Å². The van der Waals surface area contributed by atoms with Crippen LogP contribution in [0.2, 0.25) is 0 Å². The molecular formula is C16H29N3O. The summed E-state index contributed by atoms with van der Waals surface area (Å²) in [4.78, 5) is 2.43. The van der Waals surface area contributed by atoms with Crippen LogP contribution in [0.25, 0.3) is 0 Å². The van der Waals surface area contributed by atoms with E-state index in [0.717, 1.165) is 25.3 Å². The summed E-state index contributed by atoms with van der Waals surface area (Å²) in [5.41, 5.74) is 4.21. The minimum atomic E-state index is -0.0126. The zero-order chi connectivity index (χ0) is 15.2. The van der Waals surface area contributed by atoms with E-state index in [4.69, 9.17) is 10.6 Å². The lowest BCUT2D eigenvalue weighted by Crippen LogP contribution is -2.60. The summed E-state index contributed by atoms with van der Waals surface area (Å²) in [5.74, 6) is 6.70. The summed E-state index contributed by atoms with van der Waals surface area (Å²) >= 11 is 0. The first-order valence-electron chi connectivity index (χ1n) is 7.33. The number of nitrogens with zero attached hydrogens (tertiary/aromatic N) is 1. The monoisotopic (exact) mass is 279 g/mol. The standard InChI is InChI=1S/C16H29N3O/c1-6-19(7-2)16(3,4)15(18-17)12-13-9-8-10-14(11-13)20-5/h8-11,15,18H,6-7,12,17H2,1-5H3. The Labute approximate surface area is 123 Å². The Hall–Kier alpha value is -1.10. The smallest absolute Gasteiger partial charge is 0.119 e. The van der Waals surface area contributed by atoms with Gasteiger partial charge in [-0.15, -0.1) is 0 Å². The average Bonchev–Trinajstić information content (AvgIpc) is 2.45. The minimum Gasteiger partial charge on any atom is -0.497 e. The van der Waals surface area contributed by atoms with Crippen LogP contribution in [-0.2, 0) is 6.42 Å². The molecule has 0 heterocycles. The summed E-state index contributed by atoms with van der Waals surface area (Å²) in [7, 11) is 1.69. The second-order valence-electron chi connectivity index (χ2n) is 5.60. The van der Waals surface area contributed by atoms with E-state index in [0.29, 0.717) is 0 Å². The molecule has 114 valence electrons. The highest BCUT2D eigenvalue weighted by Gasteiger charge is 2.33. The number of benzene rings is 1. The van der Waals surface area contributed by atoms with Gasteiger partial charge in [-0.3, -0.25) is 16.2 Å². The second-order valence-corrected chi connectivity index (χ2v) is 5.60. The first-order valence-corrected chi connectivity index (χ1v) is 7.33. The van der Waals surface area contributed by atoms with Crippen molar-refractivity contribution in [1.82, 2.24) is 10.3 Å². The fourth-order valence-corrected chi connectivity index (χ4v) is 2.81. The summed E-state index contributed by atoms with van der Waals surface area (Å²) in [6, 6.07) is 8.35. The maximum Gasteiger partial charge on any atom is 0.119 e. The molecule has 0 radical (unpaired) electrons. The third kappa shape index (κ3) is 3.95. The Morgan fingerprint density at radius 3 is 2.45 bits per heavy atom. The molecule has 0 amide bonds. The maximum absolute atomic E-state index is 5.82. The van der Waals surface area contributed by atoms with Gasteiger partial charge in [0, 0.05) is 11.6 Å². The van der Waals surface area contributed by atoms with Crippen LogP contribution in [0, 0.1) is 0 Å². The fraction of sp³-hybridized carbons (Fsp3) is 0.625. The summed E-state index contributed by atoms with van der Waals surface area (Å²) < 4.78 is 5.28. The number of ether oxygens (including phenoxy) is 1. The maximum atomic E-state index is 5.82. The highest BCUT2D eigenvalue weighted by molar-refractivity contribution is 5.29. The lowest BCUT2D eigenvalue weighted by atomic mass is 9.87. The van der Waals surface area contributed by atoms with Crippen LogP contribution in [0.15, 0.2) is 24.3 Å².